The lowest BCUT2D eigenvalue weighted by Crippen LogP contribution is -2.35. The van der Waals surface area contributed by atoms with Gasteiger partial charge in [0.2, 0.25) is 0 Å². The Morgan fingerprint density at radius 3 is 1.94 bits per heavy atom. The first-order valence-electron chi connectivity index (χ1n) is 11.0. The Hall–Kier alpha value is -2.91. The molecule has 1 unspecified atom stereocenters. The Balaban J connectivity index is 1.86. The van der Waals surface area contributed by atoms with Crippen molar-refractivity contribution < 1.29 is 9.53 Å². The average molecular weight is 448 g/mol. The molecule has 0 amide bonds. The number of esters is 1. The van der Waals surface area contributed by atoms with Gasteiger partial charge in [0.1, 0.15) is 11.6 Å². The van der Waals surface area contributed by atoms with Gasteiger partial charge in [0.25, 0.3) is 0 Å². The van der Waals surface area contributed by atoms with Crippen LogP contribution in [0.2, 0.25) is 5.02 Å². The summed E-state index contributed by atoms with van der Waals surface area (Å²) in [4.78, 5) is 18.2. The van der Waals surface area contributed by atoms with E-state index < -0.39 is 11.6 Å². The smallest absolute Gasteiger partial charge is 0.331 e. The van der Waals surface area contributed by atoms with Crippen LogP contribution in [0, 0.1) is 0 Å². The zero-order valence-corrected chi connectivity index (χ0v) is 19.7. The molecule has 32 heavy (non-hydrogen) atoms. The van der Waals surface area contributed by atoms with Crippen LogP contribution in [0.1, 0.15) is 50.3 Å². The highest BCUT2D eigenvalue weighted by Crippen LogP contribution is 2.22. The molecule has 0 spiro atoms. The van der Waals surface area contributed by atoms with E-state index in [1.807, 2.05) is 98.8 Å². The molecule has 3 aromatic rings. The van der Waals surface area contributed by atoms with E-state index in [-0.39, 0.29) is 5.97 Å². The largest absolute Gasteiger partial charge is 0.458 e. The Morgan fingerprint density at radius 1 is 0.906 bits per heavy atom. The molecule has 0 fully saturated rings. The predicted octanol–water partition coefficient (Wildman–Crippen LogP) is 6.91. The third kappa shape index (κ3) is 6.80. The zero-order chi connectivity index (χ0) is 23.0. The predicted molar refractivity (Wildman–Crippen MR) is 133 cm³/mol. The molecule has 166 valence electrons. The van der Waals surface area contributed by atoms with Gasteiger partial charge in [0, 0.05) is 22.6 Å². The molecule has 0 bridgehead atoms. The van der Waals surface area contributed by atoms with Crippen LogP contribution in [0.5, 0.6) is 0 Å². The van der Waals surface area contributed by atoms with Crippen molar-refractivity contribution in [2.75, 3.05) is 0 Å². The zero-order valence-electron chi connectivity index (χ0n) is 18.9. The number of hydrogen-bond donors (Lipinski definition) is 0. The summed E-state index contributed by atoms with van der Waals surface area (Å²) >= 11 is 5.99. The summed E-state index contributed by atoms with van der Waals surface area (Å²) in [6.45, 7) is 5.92. The number of carbonyl (C=O) groups is 1. The monoisotopic (exact) mass is 447 g/mol. The molecule has 0 radical (unpaired) electrons. The fourth-order valence-electron chi connectivity index (χ4n) is 3.64. The SMILES string of the molecule is CCCC(N=C(c1ccccc1)c1ccccc1)C(=O)OC(C)(C)Cc1ccc(Cl)cc1. The van der Waals surface area contributed by atoms with E-state index in [1.54, 1.807) is 0 Å². The van der Waals surface area contributed by atoms with E-state index in [0.29, 0.717) is 17.9 Å². The van der Waals surface area contributed by atoms with Crippen molar-refractivity contribution in [2.45, 2.75) is 51.7 Å². The summed E-state index contributed by atoms with van der Waals surface area (Å²) in [6.07, 6.45) is 2.06. The van der Waals surface area contributed by atoms with Gasteiger partial charge in [0.15, 0.2) is 0 Å². The van der Waals surface area contributed by atoms with Crippen LogP contribution in [0.3, 0.4) is 0 Å². The first kappa shape index (κ1) is 23.7. The molecular formula is C28H30ClNO2. The Labute approximate surface area is 196 Å². The highest BCUT2D eigenvalue weighted by atomic mass is 35.5. The van der Waals surface area contributed by atoms with Gasteiger partial charge in [-0.05, 0) is 38.0 Å². The first-order valence-corrected chi connectivity index (χ1v) is 11.4. The second-order valence-corrected chi connectivity index (χ2v) is 8.93. The summed E-state index contributed by atoms with van der Waals surface area (Å²) in [5, 5.41) is 0.690. The number of halogens is 1. The van der Waals surface area contributed by atoms with Crippen molar-refractivity contribution in [3.63, 3.8) is 0 Å². The molecule has 0 aliphatic carbocycles. The maximum Gasteiger partial charge on any atom is 0.331 e. The quantitative estimate of drug-likeness (QED) is 0.264. The highest BCUT2D eigenvalue weighted by Gasteiger charge is 2.28. The number of carbonyl (C=O) groups excluding carboxylic acids is 1. The first-order chi connectivity index (χ1) is 15.4. The minimum atomic E-state index is -0.661. The molecule has 3 aromatic carbocycles. The van der Waals surface area contributed by atoms with E-state index in [2.05, 4.69) is 6.92 Å². The summed E-state index contributed by atoms with van der Waals surface area (Å²) in [5.41, 5.74) is 3.17. The number of aliphatic imine (C=N–C) groups is 1. The van der Waals surface area contributed by atoms with Crippen LogP contribution in [-0.4, -0.2) is 23.3 Å². The minimum Gasteiger partial charge on any atom is -0.458 e. The van der Waals surface area contributed by atoms with Gasteiger partial charge in [0.05, 0.1) is 5.71 Å². The molecule has 0 heterocycles. The van der Waals surface area contributed by atoms with Gasteiger partial charge >= 0.3 is 5.97 Å². The molecular weight excluding hydrogens is 418 g/mol. The van der Waals surface area contributed by atoms with Crippen LogP contribution in [0.4, 0.5) is 0 Å². The maximum absolute atomic E-state index is 13.2. The summed E-state index contributed by atoms with van der Waals surface area (Å²) in [7, 11) is 0. The molecule has 3 nitrogen and oxygen atoms in total. The molecule has 0 aliphatic heterocycles. The van der Waals surface area contributed by atoms with Crippen molar-refractivity contribution in [3.05, 3.63) is 107 Å². The number of rotatable bonds is 9. The molecule has 0 saturated heterocycles. The molecule has 3 rings (SSSR count). The minimum absolute atomic E-state index is 0.296. The van der Waals surface area contributed by atoms with Crippen LogP contribution in [0.15, 0.2) is 89.9 Å². The van der Waals surface area contributed by atoms with Crippen LogP contribution >= 0.6 is 11.6 Å². The standard InChI is InChI=1S/C28H30ClNO2/c1-4-11-25(27(31)32-28(2,3)20-21-16-18-24(29)19-17-21)30-26(22-12-7-5-8-13-22)23-14-9-6-10-15-23/h5-10,12-19,25H,4,11,20H2,1-3H3. The lowest BCUT2D eigenvalue weighted by atomic mass is 9.98. The van der Waals surface area contributed by atoms with E-state index in [0.717, 1.165) is 28.8 Å². The fourth-order valence-corrected chi connectivity index (χ4v) is 3.77. The molecule has 1 atom stereocenters. The van der Waals surface area contributed by atoms with Gasteiger partial charge in [-0.1, -0.05) is 97.7 Å². The third-order valence-corrected chi connectivity index (χ3v) is 5.39. The Bertz CT molecular complexity index is 987. The second kappa shape index (κ2) is 11.1. The van der Waals surface area contributed by atoms with Crippen molar-refractivity contribution in [1.82, 2.24) is 0 Å². The van der Waals surface area contributed by atoms with E-state index in [4.69, 9.17) is 21.3 Å². The van der Waals surface area contributed by atoms with Gasteiger partial charge in [-0.3, -0.25) is 4.99 Å². The lowest BCUT2D eigenvalue weighted by molar-refractivity contribution is -0.158. The highest BCUT2D eigenvalue weighted by molar-refractivity contribution is 6.30. The molecule has 0 aromatic heterocycles. The van der Waals surface area contributed by atoms with Crippen molar-refractivity contribution in [1.29, 1.82) is 0 Å². The van der Waals surface area contributed by atoms with E-state index >= 15 is 0 Å². The average Bonchev–Trinajstić information content (AvgIpc) is 2.79. The number of ether oxygens (including phenoxy) is 1. The van der Waals surface area contributed by atoms with E-state index in [1.165, 1.54) is 0 Å². The van der Waals surface area contributed by atoms with E-state index in [9.17, 15) is 4.79 Å². The molecule has 0 saturated carbocycles. The van der Waals surface area contributed by atoms with Crippen LogP contribution in [-0.2, 0) is 16.0 Å². The number of benzene rings is 3. The topological polar surface area (TPSA) is 38.7 Å². The molecule has 0 N–H and O–H groups in total. The van der Waals surface area contributed by atoms with Gasteiger partial charge in [-0.25, -0.2) is 4.79 Å². The normalized spacial score (nSPS) is 12.1. The fraction of sp³-hybridized carbons (Fsp3) is 0.286. The van der Waals surface area contributed by atoms with Gasteiger partial charge in [-0.2, -0.15) is 0 Å². The van der Waals surface area contributed by atoms with Crippen LogP contribution < -0.4 is 0 Å². The van der Waals surface area contributed by atoms with Crippen molar-refractivity contribution >= 4 is 23.3 Å². The second-order valence-electron chi connectivity index (χ2n) is 8.50. The number of hydrogen-bond acceptors (Lipinski definition) is 3. The summed E-state index contributed by atoms with van der Waals surface area (Å²) in [5.74, 6) is -0.296. The third-order valence-electron chi connectivity index (χ3n) is 5.13. The van der Waals surface area contributed by atoms with Gasteiger partial charge in [-0.15, -0.1) is 0 Å². The van der Waals surface area contributed by atoms with Crippen molar-refractivity contribution in [2.24, 2.45) is 4.99 Å². The Morgan fingerprint density at radius 2 is 1.44 bits per heavy atom. The van der Waals surface area contributed by atoms with Crippen LogP contribution in [0.25, 0.3) is 0 Å². The molecule has 0 aliphatic rings. The van der Waals surface area contributed by atoms with Gasteiger partial charge < -0.3 is 4.74 Å². The Kier molecular flexibility index (Phi) is 8.24. The maximum atomic E-state index is 13.2. The lowest BCUT2D eigenvalue weighted by Gasteiger charge is -2.27. The number of nitrogens with zero attached hydrogens (tertiary/aromatic N) is 1. The summed E-state index contributed by atoms with van der Waals surface area (Å²) < 4.78 is 5.98. The molecule has 4 heteroatoms. The van der Waals surface area contributed by atoms with Crippen molar-refractivity contribution in [3.8, 4) is 0 Å². The summed E-state index contributed by atoms with van der Waals surface area (Å²) in [6, 6.07) is 27.0.